The Bertz CT molecular complexity index is 1020. The zero-order valence-electron chi connectivity index (χ0n) is 20.0. The van der Waals surface area contributed by atoms with Gasteiger partial charge >= 0.3 is 0 Å². The van der Waals surface area contributed by atoms with Gasteiger partial charge in [0.1, 0.15) is 0 Å². The number of nitrogens with zero attached hydrogens (tertiary/aromatic N) is 2. The third-order valence-corrected chi connectivity index (χ3v) is 5.81. The molecule has 0 aliphatic carbocycles. The smallest absolute Gasteiger partial charge is 0.243 e. The van der Waals surface area contributed by atoms with Gasteiger partial charge in [-0.2, -0.15) is 5.10 Å². The quantitative estimate of drug-likeness (QED) is 0.485. The average Bonchev–Trinajstić information content (AvgIpc) is 2.85. The van der Waals surface area contributed by atoms with Crippen LogP contribution in [-0.2, 0) is 16.1 Å². The van der Waals surface area contributed by atoms with E-state index >= 15 is 0 Å². The van der Waals surface area contributed by atoms with Crippen LogP contribution in [0.1, 0.15) is 57.1 Å². The highest BCUT2D eigenvalue weighted by atomic mass is 19.1. The minimum atomic E-state index is -0.947. The van der Waals surface area contributed by atoms with Gasteiger partial charge in [0, 0.05) is 30.0 Å². The van der Waals surface area contributed by atoms with Crippen molar-refractivity contribution in [1.29, 1.82) is 0 Å². The Labute approximate surface area is 199 Å². The fourth-order valence-corrected chi connectivity index (χ4v) is 3.87. The molecule has 1 aliphatic rings. The second-order valence-electron chi connectivity index (χ2n) is 8.21. The number of unbranched alkanes of at least 4 members (excludes halogenated alkanes) is 1. The Morgan fingerprint density at radius 1 is 1.18 bits per heavy atom. The van der Waals surface area contributed by atoms with E-state index in [1.54, 1.807) is 18.2 Å². The zero-order valence-corrected chi connectivity index (χ0v) is 20.0. The minimum Gasteiger partial charge on any atom is -0.493 e. The second kappa shape index (κ2) is 12.2. The molecule has 7 nitrogen and oxygen atoms in total. The maximum Gasteiger partial charge on any atom is 0.243 e. The molecule has 0 saturated heterocycles. The SMILES string of the molecule is CCCCC(=O)Nc1ccc(CN2N=C(c3ccc(OCF)c(OC)c3)C(CC)CC2=O)cc1. The molecule has 0 radical (unpaired) electrons. The molecule has 2 amide bonds. The maximum atomic E-state index is 12.8. The van der Waals surface area contributed by atoms with Gasteiger partial charge in [0.2, 0.25) is 18.7 Å². The molecule has 2 aromatic rings. The van der Waals surface area contributed by atoms with Gasteiger partial charge in [-0.05, 0) is 48.7 Å². The summed E-state index contributed by atoms with van der Waals surface area (Å²) in [4.78, 5) is 24.7. The van der Waals surface area contributed by atoms with Gasteiger partial charge in [0.25, 0.3) is 0 Å². The van der Waals surface area contributed by atoms with E-state index < -0.39 is 6.86 Å². The van der Waals surface area contributed by atoms with Crippen molar-refractivity contribution in [2.45, 2.75) is 52.5 Å². The lowest BCUT2D eigenvalue weighted by molar-refractivity contribution is -0.133. The molecular formula is C26H32FN3O4. The summed E-state index contributed by atoms with van der Waals surface area (Å²) in [5.41, 5.74) is 3.22. The van der Waals surface area contributed by atoms with Crippen LogP contribution >= 0.6 is 0 Å². The molecule has 2 aromatic carbocycles. The molecule has 1 heterocycles. The number of rotatable bonds is 11. The Balaban J connectivity index is 1.79. The van der Waals surface area contributed by atoms with Crippen molar-refractivity contribution in [1.82, 2.24) is 5.01 Å². The molecular weight excluding hydrogens is 437 g/mol. The third kappa shape index (κ3) is 6.34. The van der Waals surface area contributed by atoms with E-state index in [4.69, 9.17) is 14.6 Å². The number of methoxy groups -OCH3 is 1. The normalized spacial score (nSPS) is 15.6. The van der Waals surface area contributed by atoms with Crippen molar-refractivity contribution in [2.75, 3.05) is 19.3 Å². The van der Waals surface area contributed by atoms with Gasteiger partial charge in [-0.25, -0.2) is 9.40 Å². The van der Waals surface area contributed by atoms with E-state index in [0.29, 0.717) is 30.9 Å². The van der Waals surface area contributed by atoms with Gasteiger partial charge in [-0.3, -0.25) is 9.59 Å². The lowest BCUT2D eigenvalue weighted by atomic mass is 9.89. The highest BCUT2D eigenvalue weighted by Gasteiger charge is 2.29. The largest absolute Gasteiger partial charge is 0.493 e. The van der Waals surface area contributed by atoms with Crippen LogP contribution in [-0.4, -0.2) is 36.5 Å². The number of alkyl halides is 1. The van der Waals surface area contributed by atoms with Crippen molar-refractivity contribution in [3.8, 4) is 11.5 Å². The van der Waals surface area contributed by atoms with Crippen LogP contribution in [0.15, 0.2) is 47.6 Å². The summed E-state index contributed by atoms with van der Waals surface area (Å²) in [7, 11) is 1.50. The van der Waals surface area contributed by atoms with Crippen LogP contribution in [0.4, 0.5) is 10.1 Å². The Kier molecular flexibility index (Phi) is 9.01. The number of anilines is 1. The Morgan fingerprint density at radius 2 is 1.94 bits per heavy atom. The van der Waals surface area contributed by atoms with Gasteiger partial charge < -0.3 is 14.8 Å². The number of hydrogen-bond donors (Lipinski definition) is 1. The van der Waals surface area contributed by atoms with E-state index in [1.807, 2.05) is 38.1 Å². The predicted octanol–water partition coefficient (Wildman–Crippen LogP) is 5.29. The highest BCUT2D eigenvalue weighted by molar-refractivity contribution is 6.06. The average molecular weight is 470 g/mol. The standard InChI is InChI=1S/C26H32FN3O4/c1-4-6-7-24(31)28-21-11-8-18(9-12-21)16-30-25(32)15-19(5-2)26(29-30)20-10-13-22(34-17-27)23(14-20)33-3/h8-14,19H,4-7,15-17H2,1-3H3,(H,28,31). The summed E-state index contributed by atoms with van der Waals surface area (Å²) in [6, 6.07) is 12.7. The fraction of sp³-hybridized carbons (Fsp3) is 0.423. The highest BCUT2D eigenvalue weighted by Crippen LogP contribution is 2.32. The first kappa shape index (κ1) is 25.2. The van der Waals surface area contributed by atoms with Crippen LogP contribution in [0.3, 0.4) is 0 Å². The number of amides is 2. The van der Waals surface area contributed by atoms with Crippen LogP contribution in [0.25, 0.3) is 0 Å². The van der Waals surface area contributed by atoms with E-state index in [2.05, 4.69) is 5.32 Å². The first-order valence-electron chi connectivity index (χ1n) is 11.6. The first-order chi connectivity index (χ1) is 16.5. The molecule has 1 unspecified atom stereocenters. The molecule has 1 N–H and O–H groups in total. The summed E-state index contributed by atoms with van der Waals surface area (Å²) in [6.07, 6.45) is 3.45. The van der Waals surface area contributed by atoms with Crippen molar-refractivity contribution in [3.63, 3.8) is 0 Å². The van der Waals surface area contributed by atoms with Gasteiger partial charge in [-0.1, -0.05) is 32.4 Å². The van der Waals surface area contributed by atoms with Crippen molar-refractivity contribution in [2.24, 2.45) is 11.0 Å². The molecule has 34 heavy (non-hydrogen) atoms. The summed E-state index contributed by atoms with van der Waals surface area (Å²) in [5.74, 6) is 0.652. The molecule has 1 aliphatic heterocycles. The number of hydrogen-bond acceptors (Lipinski definition) is 5. The van der Waals surface area contributed by atoms with Gasteiger partial charge in [0.15, 0.2) is 11.5 Å². The monoisotopic (exact) mass is 469 g/mol. The lowest BCUT2D eigenvalue weighted by Gasteiger charge is -2.29. The van der Waals surface area contributed by atoms with Gasteiger partial charge in [0.05, 0.1) is 19.4 Å². The lowest BCUT2D eigenvalue weighted by Crippen LogP contribution is -2.36. The van der Waals surface area contributed by atoms with Crippen molar-refractivity contribution in [3.05, 3.63) is 53.6 Å². The topological polar surface area (TPSA) is 80.2 Å². The molecule has 3 rings (SSSR count). The van der Waals surface area contributed by atoms with E-state index in [0.717, 1.165) is 41.8 Å². The number of halogens is 1. The number of ether oxygens (including phenoxy) is 2. The number of benzene rings is 2. The maximum absolute atomic E-state index is 12.8. The molecule has 0 saturated carbocycles. The molecule has 0 spiro atoms. The van der Waals surface area contributed by atoms with Crippen LogP contribution < -0.4 is 14.8 Å². The second-order valence-corrected chi connectivity index (χ2v) is 8.21. The molecule has 8 heteroatoms. The molecule has 0 bridgehead atoms. The Morgan fingerprint density at radius 3 is 2.59 bits per heavy atom. The number of carbonyl (C=O) groups excluding carboxylic acids is 2. The molecule has 182 valence electrons. The number of carbonyl (C=O) groups is 2. The molecule has 0 fully saturated rings. The summed E-state index contributed by atoms with van der Waals surface area (Å²) in [6.45, 7) is 3.45. The third-order valence-electron chi connectivity index (χ3n) is 5.81. The van der Waals surface area contributed by atoms with Crippen molar-refractivity contribution < 1.29 is 23.5 Å². The van der Waals surface area contributed by atoms with Crippen molar-refractivity contribution >= 4 is 23.2 Å². The van der Waals surface area contributed by atoms with Crippen LogP contribution in [0.5, 0.6) is 11.5 Å². The van der Waals surface area contributed by atoms with E-state index in [9.17, 15) is 14.0 Å². The van der Waals surface area contributed by atoms with E-state index in [1.165, 1.54) is 12.1 Å². The fourth-order valence-electron chi connectivity index (χ4n) is 3.87. The number of hydrazone groups is 1. The zero-order chi connectivity index (χ0) is 24.5. The summed E-state index contributed by atoms with van der Waals surface area (Å²) in [5, 5.41) is 9.07. The minimum absolute atomic E-state index is 0.000909. The summed E-state index contributed by atoms with van der Waals surface area (Å²) < 4.78 is 23.0. The van der Waals surface area contributed by atoms with Crippen LogP contribution in [0.2, 0.25) is 0 Å². The van der Waals surface area contributed by atoms with E-state index in [-0.39, 0.29) is 17.7 Å². The van der Waals surface area contributed by atoms with Crippen LogP contribution in [0, 0.1) is 5.92 Å². The predicted molar refractivity (Wildman–Crippen MR) is 130 cm³/mol. The Hall–Kier alpha value is -3.42. The first-order valence-corrected chi connectivity index (χ1v) is 11.6. The van der Waals surface area contributed by atoms with Gasteiger partial charge in [-0.15, -0.1) is 0 Å². The summed E-state index contributed by atoms with van der Waals surface area (Å²) >= 11 is 0. The molecule has 1 atom stereocenters. The number of nitrogens with one attached hydrogen (secondary N) is 1. The molecule has 0 aromatic heterocycles.